The number of ketones is 1. The summed E-state index contributed by atoms with van der Waals surface area (Å²) < 4.78 is 0. The van der Waals surface area contributed by atoms with Gasteiger partial charge in [-0.3, -0.25) is 4.79 Å². The predicted octanol–water partition coefficient (Wildman–Crippen LogP) is 4.52. The van der Waals surface area contributed by atoms with E-state index in [0.29, 0.717) is 23.0 Å². The molecule has 0 aromatic rings. The zero-order chi connectivity index (χ0) is 16.5. The summed E-state index contributed by atoms with van der Waals surface area (Å²) >= 11 is 0. The van der Waals surface area contributed by atoms with Gasteiger partial charge in [0.2, 0.25) is 0 Å². The van der Waals surface area contributed by atoms with Gasteiger partial charge in [0.1, 0.15) is 0 Å². The molecule has 8 atom stereocenters. The molecule has 5 aliphatic carbocycles. The van der Waals surface area contributed by atoms with Gasteiger partial charge in [0.25, 0.3) is 0 Å². The van der Waals surface area contributed by atoms with Crippen molar-refractivity contribution >= 4 is 5.78 Å². The summed E-state index contributed by atoms with van der Waals surface area (Å²) in [6.45, 7) is 2.54. The van der Waals surface area contributed by atoms with Crippen molar-refractivity contribution in [2.24, 2.45) is 40.4 Å². The number of carbonyl (C=O) groups is 1. The number of aliphatic hydroxyl groups excluding tert-OH is 1. The average Bonchev–Trinajstić information content (AvgIpc) is 2.97. The third kappa shape index (κ3) is 1.84. The molecule has 1 N–H and O–H groups in total. The van der Waals surface area contributed by atoms with Crippen LogP contribution in [0.15, 0.2) is 12.2 Å². The fourth-order valence-electron chi connectivity index (χ4n) is 8.35. The van der Waals surface area contributed by atoms with Crippen LogP contribution in [0.5, 0.6) is 0 Å². The Kier molecular flexibility index (Phi) is 3.38. The van der Waals surface area contributed by atoms with E-state index in [1.807, 2.05) is 6.08 Å². The number of carbonyl (C=O) groups excluding carboxylic acids is 1. The summed E-state index contributed by atoms with van der Waals surface area (Å²) in [7, 11) is 0. The van der Waals surface area contributed by atoms with Crippen molar-refractivity contribution in [2.75, 3.05) is 0 Å². The number of hydrogen-bond acceptors (Lipinski definition) is 2. The molecule has 0 aliphatic heterocycles. The molecule has 24 heavy (non-hydrogen) atoms. The van der Waals surface area contributed by atoms with Crippen LogP contribution in [0.2, 0.25) is 0 Å². The first kappa shape index (κ1) is 15.6. The molecule has 0 aromatic heterocycles. The van der Waals surface area contributed by atoms with Crippen LogP contribution in [0.4, 0.5) is 0 Å². The molecular formula is C22H32O2. The largest absolute Gasteiger partial charge is 0.393 e. The van der Waals surface area contributed by atoms with Crippen LogP contribution in [0.3, 0.4) is 0 Å². The summed E-state index contributed by atoms with van der Waals surface area (Å²) in [4.78, 5) is 13.0. The Balaban J connectivity index is 1.49. The van der Waals surface area contributed by atoms with Crippen molar-refractivity contribution in [1.82, 2.24) is 0 Å². The molecule has 3 unspecified atom stereocenters. The maximum absolute atomic E-state index is 13.0. The summed E-state index contributed by atoms with van der Waals surface area (Å²) in [6.07, 6.45) is 16.0. The molecule has 0 amide bonds. The van der Waals surface area contributed by atoms with E-state index < -0.39 is 0 Å². The molecule has 0 radical (unpaired) electrons. The molecule has 4 saturated carbocycles. The minimum Gasteiger partial charge on any atom is -0.393 e. The molecule has 0 bridgehead atoms. The molecule has 0 aromatic carbocycles. The zero-order valence-corrected chi connectivity index (χ0v) is 15.0. The van der Waals surface area contributed by atoms with Gasteiger partial charge in [0.15, 0.2) is 5.78 Å². The lowest BCUT2D eigenvalue weighted by atomic mass is 9.43. The van der Waals surface area contributed by atoms with Crippen LogP contribution in [0.1, 0.15) is 71.1 Å². The summed E-state index contributed by atoms with van der Waals surface area (Å²) in [6, 6.07) is 0. The molecule has 0 saturated heterocycles. The Morgan fingerprint density at radius 2 is 1.83 bits per heavy atom. The topological polar surface area (TPSA) is 37.3 Å². The highest BCUT2D eigenvalue weighted by Gasteiger charge is 2.63. The van der Waals surface area contributed by atoms with Gasteiger partial charge in [-0.1, -0.05) is 13.0 Å². The molecule has 4 fully saturated rings. The van der Waals surface area contributed by atoms with E-state index in [9.17, 15) is 9.90 Å². The summed E-state index contributed by atoms with van der Waals surface area (Å²) in [5.41, 5.74) is 0.447. The molecule has 0 heterocycles. The van der Waals surface area contributed by atoms with Crippen molar-refractivity contribution in [2.45, 2.75) is 77.2 Å². The van der Waals surface area contributed by atoms with Crippen LogP contribution in [0.25, 0.3) is 0 Å². The van der Waals surface area contributed by atoms with Gasteiger partial charge < -0.3 is 5.11 Å². The highest BCUT2D eigenvalue weighted by atomic mass is 16.3. The van der Waals surface area contributed by atoms with Gasteiger partial charge in [-0.15, -0.1) is 0 Å². The van der Waals surface area contributed by atoms with E-state index in [2.05, 4.69) is 13.0 Å². The van der Waals surface area contributed by atoms with Crippen LogP contribution in [-0.2, 0) is 4.79 Å². The second-order valence-electron chi connectivity index (χ2n) is 9.94. The van der Waals surface area contributed by atoms with E-state index in [1.54, 1.807) is 0 Å². The van der Waals surface area contributed by atoms with Crippen molar-refractivity contribution < 1.29 is 9.90 Å². The van der Waals surface area contributed by atoms with Gasteiger partial charge in [-0.25, -0.2) is 0 Å². The first-order valence-corrected chi connectivity index (χ1v) is 10.4. The molecule has 1 spiro atoms. The van der Waals surface area contributed by atoms with Crippen LogP contribution >= 0.6 is 0 Å². The second kappa shape index (κ2) is 5.19. The number of fused-ring (bicyclic) bond motifs is 4. The van der Waals surface area contributed by atoms with Crippen LogP contribution in [-0.4, -0.2) is 17.0 Å². The lowest BCUT2D eigenvalue weighted by Gasteiger charge is -2.61. The standard InChI is InChI=1S/C22H32O2/c1-21-11-9-16(23)13-15(21)5-7-17-18(21)10-12-22-14(6-8-19(17)22)3-2-4-20(22)24/h2,4,14-19,23H,3,5-13H2,1H3/t14-,15+,16+,17?,18?,19?,21-,22+/m0/s1. The summed E-state index contributed by atoms with van der Waals surface area (Å²) in [5, 5.41) is 10.1. The van der Waals surface area contributed by atoms with Gasteiger partial charge >= 0.3 is 0 Å². The van der Waals surface area contributed by atoms with E-state index in [1.165, 1.54) is 38.5 Å². The van der Waals surface area contributed by atoms with Gasteiger partial charge in [-0.2, -0.15) is 0 Å². The molecule has 2 heteroatoms. The normalized spacial score (nSPS) is 56.2. The van der Waals surface area contributed by atoms with E-state index in [-0.39, 0.29) is 11.5 Å². The zero-order valence-electron chi connectivity index (χ0n) is 15.0. The Hall–Kier alpha value is -0.630. The summed E-state index contributed by atoms with van der Waals surface area (Å²) in [5.74, 6) is 4.07. The number of rotatable bonds is 0. The van der Waals surface area contributed by atoms with E-state index >= 15 is 0 Å². The van der Waals surface area contributed by atoms with Crippen molar-refractivity contribution in [3.63, 3.8) is 0 Å². The van der Waals surface area contributed by atoms with Crippen molar-refractivity contribution in [1.29, 1.82) is 0 Å². The molecule has 132 valence electrons. The Bertz CT molecular complexity index is 581. The van der Waals surface area contributed by atoms with Crippen molar-refractivity contribution in [3.8, 4) is 0 Å². The Labute approximate surface area is 146 Å². The molecule has 2 nitrogen and oxygen atoms in total. The Morgan fingerprint density at radius 1 is 1.00 bits per heavy atom. The highest BCUT2D eigenvalue weighted by Crippen LogP contribution is 2.68. The fourth-order valence-corrected chi connectivity index (χ4v) is 8.35. The monoisotopic (exact) mass is 328 g/mol. The molecule has 5 aliphatic rings. The number of aliphatic hydroxyl groups is 1. The van der Waals surface area contributed by atoms with Gasteiger partial charge in [0, 0.05) is 5.41 Å². The lowest BCUT2D eigenvalue weighted by molar-refractivity contribution is -0.152. The average molecular weight is 328 g/mol. The smallest absolute Gasteiger partial charge is 0.162 e. The van der Waals surface area contributed by atoms with Crippen LogP contribution < -0.4 is 0 Å². The van der Waals surface area contributed by atoms with Gasteiger partial charge in [0.05, 0.1) is 6.10 Å². The van der Waals surface area contributed by atoms with E-state index in [4.69, 9.17) is 0 Å². The first-order chi connectivity index (χ1) is 11.6. The van der Waals surface area contributed by atoms with Crippen LogP contribution in [0, 0.1) is 40.4 Å². The fraction of sp³-hybridized carbons (Fsp3) is 0.864. The third-order valence-electron chi connectivity index (χ3n) is 9.47. The highest BCUT2D eigenvalue weighted by molar-refractivity contribution is 5.96. The third-order valence-corrected chi connectivity index (χ3v) is 9.47. The maximum Gasteiger partial charge on any atom is 0.162 e. The minimum absolute atomic E-state index is 0.0211. The quantitative estimate of drug-likeness (QED) is 0.710. The number of hydrogen-bond donors (Lipinski definition) is 1. The SMILES string of the molecule is C[C@]12CC[C@@H](O)C[C@H]1CCC1C3CC[C@@H]4CC=CC(=O)[C@@]34CCC12. The first-order valence-electron chi connectivity index (χ1n) is 10.4. The lowest BCUT2D eigenvalue weighted by Crippen LogP contribution is -2.56. The Morgan fingerprint density at radius 3 is 2.71 bits per heavy atom. The van der Waals surface area contributed by atoms with Gasteiger partial charge in [-0.05, 0) is 105 Å². The second-order valence-corrected chi connectivity index (χ2v) is 9.94. The predicted molar refractivity (Wildman–Crippen MR) is 94.3 cm³/mol. The molecule has 5 rings (SSSR count). The minimum atomic E-state index is -0.0597. The van der Waals surface area contributed by atoms with Crippen molar-refractivity contribution in [3.05, 3.63) is 12.2 Å². The van der Waals surface area contributed by atoms with E-state index in [0.717, 1.165) is 43.4 Å². The molecular weight excluding hydrogens is 296 g/mol. The number of allylic oxidation sites excluding steroid dienone is 2. The maximum atomic E-state index is 13.0.